The highest BCUT2D eigenvalue weighted by molar-refractivity contribution is 6.32. The fraction of sp³-hybridized carbons (Fsp3) is 0.286. The zero-order valence-corrected chi connectivity index (χ0v) is 16.7. The molecule has 0 spiro atoms. The van der Waals surface area contributed by atoms with Crippen LogP contribution < -0.4 is 9.47 Å². The molecule has 2 aromatic carbocycles. The molecule has 1 unspecified atom stereocenters. The Labute approximate surface area is 169 Å². The molecule has 0 saturated heterocycles. The summed E-state index contributed by atoms with van der Waals surface area (Å²) in [5, 5.41) is 12.2. The number of aromatic nitrogens is 3. The maximum Gasteiger partial charge on any atom is 0.146 e. The Kier molecular flexibility index (Phi) is 7.03. The van der Waals surface area contributed by atoms with E-state index in [4.69, 9.17) is 21.1 Å². The van der Waals surface area contributed by atoms with Crippen LogP contribution in [0.15, 0.2) is 60.2 Å². The minimum Gasteiger partial charge on any atom is -0.490 e. The Balaban J connectivity index is 1.56. The number of ether oxygens (including phenoxy) is 2. The van der Waals surface area contributed by atoms with Crippen LogP contribution in [0, 0.1) is 0 Å². The van der Waals surface area contributed by atoms with Crippen molar-refractivity contribution < 1.29 is 9.47 Å². The predicted molar refractivity (Wildman–Crippen MR) is 111 cm³/mol. The van der Waals surface area contributed by atoms with E-state index in [0.29, 0.717) is 29.9 Å². The number of hydrogen-bond acceptors (Lipinski definition) is 5. The van der Waals surface area contributed by atoms with Crippen LogP contribution in [0.25, 0.3) is 0 Å². The van der Waals surface area contributed by atoms with Crippen molar-refractivity contribution in [3.05, 3.63) is 71.3 Å². The summed E-state index contributed by atoms with van der Waals surface area (Å²) >= 11 is 6.29. The third-order valence-electron chi connectivity index (χ3n) is 4.39. The van der Waals surface area contributed by atoms with Crippen molar-refractivity contribution in [1.29, 1.82) is 0 Å². The molecule has 0 aliphatic rings. The lowest BCUT2D eigenvalue weighted by atomic mass is 9.99. The lowest BCUT2D eigenvalue weighted by Gasteiger charge is -2.13. The van der Waals surface area contributed by atoms with Gasteiger partial charge in [0.05, 0.1) is 11.2 Å². The lowest BCUT2D eigenvalue weighted by Crippen LogP contribution is -2.10. The zero-order valence-electron chi connectivity index (χ0n) is 16.0. The van der Waals surface area contributed by atoms with Gasteiger partial charge in [-0.3, -0.25) is 0 Å². The number of rotatable bonds is 9. The second-order valence-corrected chi connectivity index (χ2v) is 6.73. The summed E-state index contributed by atoms with van der Waals surface area (Å²) in [4.78, 5) is 0. The molecule has 0 radical (unpaired) electrons. The third-order valence-corrected chi connectivity index (χ3v) is 4.69. The molecule has 1 aromatic heterocycles. The molecule has 0 fully saturated rings. The van der Waals surface area contributed by atoms with E-state index in [1.54, 1.807) is 12.3 Å². The van der Waals surface area contributed by atoms with Crippen molar-refractivity contribution in [2.75, 3.05) is 13.2 Å². The molecular formula is C21H23ClN4O2. The number of nitrogens with zero attached hydrogens (tertiary/aromatic N) is 4. The Morgan fingerprint density at radius 3 is 2.50 bits per heavy atom. The predicted octanol–water partition coefficient (Wildman–Crippen LogP) is 4.79. The van der Waals surface area contributed by atoms with Gasteiger partial charge in [0.25, 0.3) is 0 Å². The van der Waals surface area contributed by atoms with E-state index in [1.807, 2.05) is 24.3 Å². The molecule has 7 heteroatoms. The lowest BCUT2D eigenvalue weighted by molar-refractivity contribution is 0.217. The van der Waals surface area contributed by atoms with E-state index in [0.717, 1.165) is 17.7 Å². The molecule has 0 bridgehead atoms. The van der Waals surface area contributed by atoms with Crippen molar-refractivity contribution in [3.8, 4) is 11.5 Å². The monoisotopic (exact) mass is 398 g/mol. The van der Waals surface area contributed by atoms with E-state index in [9.17, 15) is 0 Å². The Hall–Kier alpha value is -2.86. The first-order valence-corrected chi connectivity index (χ1v) is 9.58. The van der Waals surface area contributed by atoms with Gasteiger partial charge in [-0.25, -0.2) is 4.68 Å². The van der Waals surface area contributed by atoms with Gasteiger partial charge >= 0.3 is 0 Å². The molecule has 3 aromatic rings. The summed E-state index contributed by atoms with van der Waals surface area (Å²) in [6.45, 7) is 5.18. The first-order chi connectivity index (χ1) is 13.7. The quantitative estimate of drug-likeness (QED) is 0.384. The summed E-state index contributed by atoms with van der Waals surface area (Å²) in [5.41, 5.74) is 2.08. The van der Waals surface area contributed by atoms with E-state index < -0.39 is 0 Å². The summed E-state index contributed by atoms with van der Waals surface area (Å²) < 4.78 is 13.1. The van der Waals surface area contributed by atoms with Crippen molar-refractivity contribution in [3.63, 3.8) is 0 Å². The van der Waals surface area contributed by atoms with Gasteiger partial charge in [0.2, 0.25) is 0 Å². The minimum absolute atomic E-state index is 0.365. The van der Waals surface area contributed by atoms with Crippen LogP contribution in [0.3, 0.4) is 0 Å². The Bertz CT molecular complexity index is 895. The zero-order chi connectivity index (χ0) is 19.8. The molecule has 0 saturated carbocycles. The second-order valence-electron chi connectivity index (χ2n) is 6.32. The molecule has 146 valence electrons. The molecule has 1 heterocycles. The number of halogens is 1. The van der Waals surface area contributed by atoms with Crippen molar-refractivity contribution in [1.82, 2.24) is 14.9 Å². The highest BCUT2D eigenvalue weighted by Gasteiger charge is 2.08. The van der Waals surface area contributed by atoms with Gasteiger partial charge in [-0.15, -0.1) is 10.2 Å². The SMILES string of the molecule is CCC(C)c1ccc(OCCOc2c(Cl)cccc2/C=N/n2cnnc2)cc1. The normalized spacial score (nSPS) is 12.2. The van der Waals surface area contributed by atoms with Crippen LogP contribution in [0.5, 0.6) is 11.5 Å². The number of benzene rings is 2. The Morgan fingerprint density at radius 2 is 1.79 bits per heavy atom. The minimum atomic E-state index is 0.365. The van der Waals surface area contributed by atoms with Gasteiger partial charge in [-0.2, -0.15) is 5.10 Å². The van der Waals surface area contributed by atoms with Crippen LogP contribution in [0.2, 0.25) is 5.02 Å². The molecule has 0 aliphatic heterocycles. The molecule has 28 heavy (non-hydrogen) atoms. The average Bonchev–Trinajstić information content (AvgIpc) is 3.24. The fourth-order valence-corrected chi connectivity index (χ4v) is 2.83. The van der Waals surface area contributed by atoms with Crippen LogP contribution in [0.4, 0.5) is 0 Å². The van der Waals surface area contributed by atoms with Gasteiger partial charge < -0.3 is 9.47 Å². The van der Waals surface area contributed by atoms with Gasteiger partial charge in [0.1, 0.15) is 37.4 Å². The number of para-hydroxylation sites is 1. The van der Waals surface area contributed by atoms with Gasteiger partial charge in [-0.05, 0) is 42.2 Å². The summed E-state index contributed by atoms with van der Waals surface area (Å²) in [6.07, 6.45) is 5.78. The Morgan fingerprint density at radius 1 is 1.07 bits per heavy atom. The van der Waals surface area contributed by atoms with Gasteiger partial charge in [0, 0.05) is 5.56 Å². The van der Waals surface area contributed by atoms with Crippen LogP contribution in [-0.2, 0) is 0 Å². The smallest absolute Gasteiger partial charge is 0.146 e. The molecule has 6 nitrogen and oxygen atoms in total. The third kappa shape index (κ3) is 5.33. The highest BCUT2D eigenvalue weighted by Crippen LogP contribution is 2.27. The van der Waals surface area contributed by atoms with E-state index in [2.05, 4.69) is 41.3 Å². The van der Waals surface area contributed by atoms with Gasteiger partial charge in [-0.1, -0.05) is 43.6 Å². The molecular weight excluding hydrogens is 376 g/mol. The van der Waals surface area contributed by atoms with Crippen molar-refractivity contribution in [2.45, 2.75) is 26.2 Å². The maximum absolute atomic E-state index is 6.29. The largest absolute Gasteiger partial charge is 0.490 e. The van der Waals surface area contributed by atoms with Crippen LogP contribution in [0.1, 0.15) is 37.3 Å². The van der Waals surface area contributed by atoms with E-state index in [-0.39, 0.29) is 0 Å². The maximum atomic E-state index is 6.29. The first kappa shape index (κ1) is 19.9. The standard InChI is InChI=1S/C21H23ClN4O2/c1-3-16(2)17-7-9-19(10-8-17)27-11-12-28-21-18(5-4-6-20(21)22)13-25-26-14-23-24-15-26/h4-10,13-16H,3,11-12H2,1-2H3/b25-13+. The van der Waals surface area contributed by atoms with Crippen LogP contribution >= 0.6 is 11.6 Å². The molecule has 0 amide bonds. The average molecular weight is 399 g/mol. The highest BCUT2D eigenvalue weighted by atomic mass is 35.5. The summed E-state index contributed by atoms with van der Waals surface area (Å²) in [7, 11) is 0. The first-order valence-electron chi connectivity index (χ1n) is 9.20. The van der Waals surface area contributed by atoms with E-state index >= 15 is 0 Å². The molecule has 1 atom stereocenters. The molecule has 0 N–H and O–H groups in total. The summed E-state index contributed by atoms with van der Waals surface area (Å²) in [6, 6.07) is 13.7. The fourth-order valence-electron chi connectivity index (χ4n) is 2.59. The second kappa shape index (κ2) is 9.90. The van der Waals surface area contributed by atoms with Gasteiger partial charge in [0.15, 0.2) is 0 Å². The van der Waals surface area contributed by atoms with Crippen molar-refractivity contribution >= 4 is 17.8 Å². The number of hydrogen-bond donors (Lipinski definition) is 0. The summed E-state index contributed by atoms with van der Waals surface area (Å²) in [5.74, 6) is 1.94. The topological polar surface area (TPSA) is 61.5 Å². The van der Waals surface area contributed by atoms with Crippen LogP contribution in [-0.4, -0.2) is 34.3 Å². The van der Waals surface area contributed by atoms with E-state index in [1.165, 1.54) is 22.9 Å². The van der Waals surface area contributed by atoms with Crippen molar-refractivity contribution in [2.24, 2.45) is 5.10 Å². The molecule has 3 rings (SSSR count). The molecule has 0 aliphatic carbocycles.